The summed E-state index contributed by atoms with van der Waals surface area (Å²) in [4.78, 5) is 19.2. The molecule has 1 atom stereocenters. The largest absolute Gasteiger partial charge is 0.394 e. The first-order chi connectivity index (χ1) is 12.7. The number of aliphatic hydroxyl groups excluding tert-OH is 1. The van der Waals surface area contributed by atoms with E-state index in [-0.39, 0.29) is 18.4 Å². The van der Waals surface area contributed by atoms with Gasteiger partial charge in [-0.25, -0.2) is 0 Å². The number of piperidine rings is 1. The van der Waals surface area contributed by atoms with Crippen LogP contribution in [0.2, 0.25) is 0 Å². The van der Waals surface area contributed by atoms with Crippen molar-refractivity contribution in [1.82, 2.24) is 19.7 Å². The molecule has 0 saturated carbocycles. The second-order valence-electron chi connectivity index (χ2n) is 6.73. The highest BCUT2D eigenvalue weighted by Crippen LogP contribution is 2.27. The zero-order valence-corrected chi connectivity index (χ0v) is 14.6. The number of nitrogens with zero attached hydrogens (tertiary/aromatic N) is 4. The Bertz CT molecular complexity index is 921. The third-order valence-electron chi connectivity index (χ3n) is 4.97. The van der Waals surface area contributed by atoms with Crippen LogP contribution in [-0.4, -0.2) is 50.4 Å². The molecule has 4 rings (SSSR count). The Morgan fingerprint density at radius 2 is 2.19 bits per heavy atom. The van der Waals surface area contributed by atoms with E-state index in [2.05, 4.69) is 10.1 Å². The van der Waals surface area contributed by atoms with Gasteiger partial charge in [0.25, 0.3) is 5.91 Å². The first-order valence-corrected chi connectivity index (χ1v) is 9.03. The Kier molecular flexibility index (Phi) is 4.67. The Morgan fingerprint density at radius 3 is 3.08 bits per heavy atom. The van der Waals surface area contributed by atoms with Gasteiger partial charge in [0, 0.05) is 42.4 Å². The van der Waals surface area contributed by atoms with Gasteiger partial charge in [0.2, 0.25) is 0 Å². The highest BCUT2D eigenvalue weighted by atomic mass is 16.3. The Balaban J connectivity index is 1.51. The van der Waals surface area contributed by atoms with E-state index in [4.69, 9.17) is 5.11 Å². The molecule has 26 heavy (non-hydrogen) atoms. The number of carbonyl (C=O) groups is 1. The molecular formula is C20H22N4O2. The standard InChI is InChI=1S/C20H22N4O2/c25-12-11-24-10-7-19(22-24)17-4-2-9-23(14-17)20(26)16-5-6-18-15(13-16)3-1-8-21-18/h1,3,5-8,10,13,17,25H,2,4,9,11-12,14H2/t17-/m1/s1. The fourth-order valence-electron chi connectivity index (χ4n) is 3.62. The van der Waals surface area contributed by atoms with E-state index in [1.165, 1.54) is 0 Å². The van der Waals surface area contributed by atoms with Crippen LogP contribution in [0.5, 0.6) is 0 Å². The summed E-state index contributed by atoms with van der Waals surface area (Å²) in [6, 6.07) is 11.5. The Hall–Kier alpha value is -2.73. The first kappa shape index (κ1) is 16.7. The molecule has 134 valence electrons. The lowest BCUT2D eigenvalue weighted by Crippen LogP contribution is -2.39. The third-order valence-corrected chi connectivity index (χ3v) is 4.97. The number of pyridine rings is 1. The van der Waals surface area contributed by atoms with Crippen molar-refractivity contribution >= 4 is 16.8 Å². The second-order valence-corrected chi connectivity index (χ2v) is 6.73. The van der Waals surface area contributed by atoms with E-state index in [0.717, 1.165) is 36.0 Å². The van der Waals surface area contributed by atoms with Crippen LogP contribution >= 0.6 is 0 Å². The summed E-state index contributed by atoms with van der Waals surface area (Å²) in [5.74, 6) is 0.310. The molecule has 0 unspecified atom stereocenters. The number of benzene rings is 1. The lowest BCUT2D eigenvalue weighted by atomic mass is 9.94. The zero-order chi connectivity index (χ0) is 17.9. The normalized spacial score (nSPS) is 17.6. The van der Waals surface area contributed by atoms with Crippen molar-refractivity contribution < 1.29 is 9.90 Å². The Morgan fingerprint density at radius 1 is 1.27 bits per heavy atom. The van der Waals surface area contributed by atoms with Crippen LogP contribution in [0.25, 0.3) is 10.9 Å². The van der Waals surface area contributed by atoms with Crippen LogP contribution in [0, 0.1) is 0 Å². The van der Waals surface area contributed by atoms with Gasteiger partial charge >= 0.3 is 0 Å². The van der Waals surface area contributed by atoms with E-state index in [1.54, 1.807) is 10.9 Å². The fraction of sp³-hybridized carbons (Fsp3) is 0.350. The fourth-order valence-corrected chi connectivity index (χ4v) is 3.62. The molecule has 0 spiro atoms. The Labute approximate surface area is 152 Å². The smallest absolute Gasteiger partial charge is 0.253 e. The average molecular weight is 350 g/mol. The minimum atomic E-state index is 0.0650. The summed E-state index contributed by atoms with van der Waals surface area (Å²) in [6.07, 6.45) is 5.65. The SMILES string of the molecule is O=C(c1ccc2ncccc2c1)N1CCC[C@@H](c2ccn(CCO)n2)C1. The van der Waals surface area contributed by atoms with Gasteiger partial charge in [-0.05, 0) is 43.2 Å². The molecule has 1 amide bonds. The number of aromatic nitrogens is 3. The molecule has 0 radical (unpaired) electrons. The summed E-state index contributed by atoms with van der Waals surface area (Å²) in [5.41, 5.74) is 2.60. The molecule has 6 heteroatoms. The summed E-state index contributed by atoms with van der Waals surface area (Å²) >= 11 is 0. The molecule has 3 aromatic rings. The number of hydrogen-bond donors (Lipinski definition) is 1. The zero-order valence-electron chi connectivity index (χ0n) is 14.6. The van der Waals surface area contributed by atoms with Crippen molar-refractivity contribution in [3.8, 4) is 0 Å². The van der Waals surface area contributed by atoms with Crippen molar-refractivity contribution in [2.45, 2.75) is 25.3 Å². The average Bonchev–Trinajstić information content (AvgIpc) is 3.16. The van der Waals surface area contributed by atoms with Crippen LogP contribution in [0.3, 0.4) is 0 Å². The van der Waals surface area contributed by atoms with Gasteiger partial charge in [-0.2, -0.15) is 5.10 Å². The lowest BCUT2D eigenvalue weighted by Gasteiger charge is -2.32. The molecule has 1 N–H and O–H groups in total. The van der Waals surface area contributed by atoms with Crippen LogP contribution in [-0.2, 0) is 6.54 Å². The molecule has 3 heterocycles. The van der Waals surface area contributed by atoms with Gasteiger partial charge in [-0.15, -0.1) is 0 Å². The molecule has 1 saturated heterocycles. The van der Waals surface area contributed by atoms with E-state index >= 15 is 0 Å². The lowest BCUT2D eigenvalue weighted by molar-refractivity contribution is 0.0706. The minimum absolute atomic E-state index is 0.0650. The quantitative estimate of drug-likeness (QED) is 0.784. The number of hydrogen-bond acceptors (Lipinski definition) is 4. The van der Waals surface area contributed by atoms with Crippen molar-refractivity contribution in [2.75, 3.05) is 19.7 Å². The predicted octanol–water partition coefficient (Wildman–Crippen LogP) is 2.44. The van der Waals surface area contributed by atoms with Crippen molar-refractivity contribution in [3.63, 3.8) is 0 Å². The van der Waals surface area contributed by atoms with Crippen LogP contribution in [0.4, 0.5) is 0 Å². The number of rotatable bonds is 4. The first-order valence-electron chi connectivity index (χ1n) is 9.03. The van der Waals surface area contributed by atoms with Gasteiger partial charge in [0.05, 0.1) is 24.4 Å². The van der Waals surface area contributed by atoms with E-state index in [0.29, 0.717) is 18.7 Å². The summed E-state index contributed by atoms with van der Waals surface area (Å²) in [5, 5.41) is 14.6. The topological polar surface area (TPSA) is 71.2 Å². The maximum absolute atomic E-state index is 13.0. The van der Waals surface area contributed by atoms with Crippen molar-refractivity contribution in [2.24, 2.45) is 0 Å². The number of fused-ring (bicyclic) bond motifs is 1. The number of aliphatic hydroxyl groups is 1. The van der Waals surface area contributed by atoms with Crippen LogP contribution in [0.1, 0.15) is 34.8 Å². The molecule has 2 aromatic heterocycles. The number of amides is 1. The van der Waals surface area contributed by atoms with Gasteiger partial charge in [-0.3, -0.25) is 14.5 Å². The van der Waals surface area contributed by atoms with Crippen LogP contribution in [0.15, 0.2) is 48.8 Å². The van der Waals surface area contributed by atoms with Crippen LogP contribution < -0.4 is 0 Å². The maximum Gasteiger partial charge on any atom is 0.253 e. The maximum atomic E-state index is 13.0. The molecule has 1 aliphatic heterocycles. The molecule has 0 bridgehead atoms. The van der Waals surface area contributed by atoms with E-state index < -0.39 is 0 Å². The molecule has 0 aliphatic carbocycles. The van der Waals surface area contributed by atoms with Gasteiger partial charge in [-0.1, -0.05) is 6.07 Å². The number of carbonyl (C=O) groups excluding carboxylic acids is 1. The monoisotopic (exact) mass is 350 g/mol. The molecular weight excluding hydrogens is 328 g/mol. The predicted molar refractivity (Wildman–Crippen MR) is 98.9 cm³/mol. The molecule has 1 aliphatic rings. The highest BCUT2D eigenvalue weighted by Gasteiger charge is 2.27. The van der Waals surface area contributed by atoms with E-state index in [9.17, 15) is 4.79 Å². The third kappa shape index (κ3) is 3.32. The highest BCUT2D eigenvalue weighted by molar-refractivity contribution is 5.98. The number of likely N-dealkylation sites (tertiary alicyclic amines) is 1. The van der Waals surface area contributed by atoms with Gasteiger partial charge in [0.1, 0.15) is 0 Å². The summed E-state index contributed by atoms with van der Waals surface area (Å²) in [6.45, 7) is 2.03. The second kappa shape index (κ2) is 7.25. The van der Waals surface area contributed by atoms with Crippen molar-refractivity contribution in [1.29, 1.82) is 0 Å². The minimum Gasteiger partial charge on any atom is -0.394 e. The van der Waals surface area contributed by atoms with Gasteiger partial charge in [0.15, 0.2) is 0 Å². The van der Waals surface area contributed by atoms with Crippen molar-refractivity contribution in [3.05, 3.63) is 60.0 Å². The van der Waals surface area contributed by atoms with Gasteiger partial charge < -0.3 is 10.0 Å². The molecule has 1 aromatic carbocycles. The summed E-state index contributed by atoms with van der Waals surface area (Å²) in [7, 11) is 0. The molecule has 6 nitrogen and oxygen atoms in total. The molecule has 1 fully saturated rings. The summed E-state index contributed by atoms with van der Waals surface area (Å²) < 4.78 is 1.76. The van der Waals surface area contributed by atoms with E-state index in [1.807, 2.05) is 47.5 Å².